The Bertz CT molecular complexity index is 407. The number of carboxylic acids is 1. The second-order valence-electron chi connectivity index (χ2n) is 2.83. The molecule has 0 bridgehead atoms. The maximum absolute atomic E-state index is 10.9. The molecule has 1 aromatic rings. The van der Waals surface area contributed by atoms with Gasteiger partial charge in [-0.15, -0.1) is 0 Å². The fourth-order valence-electron chi connectivity index (χ4n) is 1.31. The third kappa shape index (κ3) is 1.59. The summed E-state index contributed by atoms with van der Waals surface area (Å²) in [5.41, 5.74) is 0. The van der Waals surface area contributed by atoms with Crippen LogP contribution < -0.4 is 0 Å². The van der Waals surface area contributed by atoms with Crippen LogP contribution in [0.4, 0.5) is 0 Å². The van der Waals surface area contributed by atoms with Crippen molar-refractivity contribution >= 4 is 16.9 Å². The van der Waals surface area contributed by atoms with Gasteiger partial charge in [-0.25, -0.2) is 4.79 Å². The minimum atomic E-state index is -0.829. The van der Waals surface area contributed by atoms with Crippen LogP contribution in [0.5, 0.6) is 0 Å². The fourth-order valence-corrected chi connectivity index (χ4v) is 3.10. The van der Waals surface area contributed by atoms with Crippen molar-refractivity contribution in [1.29, 1.82) is 0 Å². The summed E-state index contributed by atoms with van der Waals surface area (Å²) in [5.74, 6) is -0.829. The second-order valence-corrected chi connectivity index (χ2v) is 4.87. The Morgan fingerprint density at radius 1 is 1.50 bits per heavy atom. The lowest BCUT2D eigenvalue weighted by atomic mass is 10.4. The molecule has 1 aliphatic heterocycles. The molecule has 1 aliphatic rings. The highest BCUT2D eigenvalue weighted by Gasteiger charge is 2.18. The number of carbonyl (C=O) groups is 1. The number of hydrogen-bond donors (Lipinski definition) is 2. The van der Waals surface area contributed by atoms with Gasteiger partial charge < -0.3 is 5.11 Å². The highest BCUT2D eigenvalue weighted by atomic mass is 32.2. The van der Waals surface area contributed by atoms with Crippen molar-refractivity contribution in [3.63, 3.8) is 0 Å². The zero-order valence-electron chi connectivity index (χ0n) is 7.34. The van der Waals surface area contributed by atoms with Gasteiger partial charge in [0.1, 0.15) is 0 Å². The van der Waals surface area contributed by atoms with Crippen molar-refractivity contribution in [3.8, 4) is 0 Å². The Hall–Kier alpha value is -1.48. The van der Waals surface area contributed by atoms with E-state index in [1.54, 1.807) is 6.08 Å². The molecule has 1 radical (unpaired) electrons. The van der Waals surface area contributed by atoms with E-state index in [4.69, 9.17) is 5.11 Å². The third-order valence-electron chi connectivity index (χ3n) is 1.94. The van der Waals surface area contributed by atoms with Gasteiger partial charge in [0.2, 0.25) is 0 Å². The summed E-state index contributed by atoms with van der Waals surface area (Å²) in [6.45, 7) is 0. The summed E-state index contributed by atoms with van der Waals surface area (Å²) in [6.07, 6.45) is 3.48. The molecule has 14 heavy (non-hydrogen) atoms. The van der Waals surface area contributed by atoms with E-state index in [-0.39, 0.29) is 0 Å². The number of thiol groups is 1. The van der Waals surface area contributed by atoms with E-state index in [0.717, 1.165) is 4.90 Å². The quantitative estimate of drug-likeness (QED) is 0.727. The van der Waals surface area contributed by atoms with E-state index in [1.165, 1.54) is 0 Å². The van der Waals surface area contributed by atoms with E-state index in [0.29, 0.717) is 4.91 Å². The molecule has 2 nitrogen and oxygen atoms in total. The van der Waals surface area contributed by atoms with Crippen LogP contribution in [-0.2, 0) is 4.79 Å². The first-order valence-electron chi connectivity index (χ1n) is 4.16. The first-order chi connectivity index (χ1) is 6.79. The van der Waals surface area contributed by atoms with Crippen molar-refractivity contribution in [2.45, 2.75) is 4.90 Å². The minimum Gasteiger partial charge on any atom is -0.477 e. The summed E-state index contributed by atoms with van der Waals surface area (Å²) in [7, 11) is -0.793. The average molecular weight is 205 g/mol. The fraction of sp³-hybridized carbons (Fsp3) is 0. The van der Waals surface area contributed by atoms with E-state index in [2.05, 4.69) is 6.07 Å². The monoisotopic (exact) mass is 205 g/mol. The number of allylic oxidation sites excluding steroid dienone is 2. The second kappa shape index (κ2) is 3.72. The molecule has 3 heteroatoms. The molecular weight excluding hydrogens is 196 g/mol. The van der Waals surface area contributed by atoms with Gasteiger partial charge in [-0.3, -0.25) is 0 Å². The number of carboxylic acid groups (broad SMARTS) is 1. The molecule has 0 fully saturated rings. The smallest absolute Gasteiger partial charge is 0.341 e. The average Bonchev–Trinajstić information content (AvgIpc) is 2.67. The SMILES string of the molecule is O=C(O)C1=CC=C[SH]1c1c[c]ccc1. The van der Waals surface area contributed by atoms with Gasteiger partial charge in [0.25, 0.3) is 0 Å². The van der Waals surface area contributed by atoms with E-state index in [1.807, 2.05) is 35.7 Å². The maximum atomic E-state index is 10.9. The van der Waals surface area contributed by atoms with Crippen LogP contribution in [0.2, 0.25) is 0 Å². The summed E-state index contributed by atoms with van der Waals surface area (Å²) in [5, 5.41) is 10.9. The summed E-state index contributed by atoms with van der Waals surface area (Å²) in [4.78, 5) is 12.4. The standard InChI is InChI=1S/C11H9O2S/c12-11(13)10-7-4-8-14(10)9-5-2-1-3-6-9/h1-2,4-8,14H,(H,12,13). The molecule has 0 spiro atoms. The van der Waals surface area contributed by atoms with Crippen molar-refractivity contribution in [3.05, 3.63) is 52.8 Å². The van der Waals surface area contributed by atoms with Crippen LogP contribution in [0.3, 0.4) is 0 Å². The Morgan fingerprint density at radius 2 is 2.36 bits per heavy atom. The van der Waals surface area contributed by atoms with E-state index < -0.39 is 16.9 Å². The highest BCUT2D eigenvalue weighted by Crippen LogP contribution is 2.47. The van der Waals surface area contributed by atoms with Crippen LogP contribution >= 0.6 is 10.9 Å². The molecule has 0 aromatic heterocycles. The minimum absolute atomic E-state index is 0.486. The Balaban J connectivity index is 2.33. The van der Waals surface area contributed by atoms with Crippen molar-refractivity contribution < 1.29 is 9.90 Å². The largest absolute Gasteiger partial charge is 0.477 e. The van der Waals surface area contributed by atoms with Gasteiger partial charge in [-0.2, -0.15) is 10.9 Å². The summed E-state index contributed by atoms with van der Waals surface area (Å²) >= 11 is 0. The van der Waals surface area contributed by atoms with Crippen LogP contribution in [0.25, 0.3) is 0 Å². The van der Waals surface area contributed by atoms with Gasteiger partial charge >= 0.3 is 5.97 Å². The van der Waals surface area contributed by atoms with Gasteiger partial charge in [0.15, 0.2) is 0 Å². The normalized spacial score (nSPS) is 22.0. The Morgan fingerprint density at radius 3 is 3.00 bits per heavy atom. The zero-order chi connectivity index (χ0) is 9.97. The van der Waals surface area contributed by atoms with Gasteiger partial charge in [-0.1, -0.05) is 18.2 Å². The van der Waals surface area contributed by atoms with E-state index >= 15 is 0 Å². The summed E-state index contributed by atoms with van der Waals surface area (Å²) < 4.78 is 0. The maximum Gasteiger partial charge on any atom is 0.341 e. The van der Waals surface area contributed by atoms with Crippen LogP contribution in [-0.4, -0.2) is 11.1 Å². The van der Waals surface area contributed by atoms with Gasteiger partial charge in [0.05, 0.1) is 4.91 Å². The van der Waals surface area contributed by atoms with Crippen LogP contribution in [0.15, 0.2) is 51.6 Å². The number of aliphatic carboxylic acids is 1. The predicted molar refractivity (Wildman–Crippen MR) is 57.4 cm³/mol. The van der Waals surface area contributed by atoms with Crippen molar-refractivity contribution in [2.24, 2.45) is 0 Å². The number of benzene rings is 1. The van der Waals surface area contributed by atoms with Gasteiger partial charge in [0, 0.05) is 0 Å². The lowest BCUT2D eigenvalue weighted by Gasteiger charge is -2.14. The lowest BCUT2D eigenvalue weighted by Crippen LogP contribution is -1.98. The number of rotatable bonds is 2. The Kier molecular flexibility index (Phi) is 2.41. The molecule has 2 rings (SSSR count). The first-order valence-corrected chi connectivity index (χ1v) is 5.57. The summed E-state index contributed by atoms with van der Waals surface area (Å²) in [6, 6.07) is 10.4. The molecular formula is C11H9O2S. The number of hydrogen-bond acceptors (Lipinski definition) is 1. The van der Waals surface area contributed by atoms with Gasteiger partial charge in [-0.05, 0) is 34.6 Å². The van der Waals surface area contributed by atoms with Crippen LogP contribution in [0, 0.1) is 6.07 Å². The van der Waals surface area contributed by atoms with Crippen LogP contribution in [0.1, 0.15) is 0 Å². The molecule has 1 N–H and O–H groups in total. The molecule has 1 unspecified atom stereocenters. The molecule has 0 saturated carbocycles. The lowest BCUT2D eigenvalue weighted by molar-refractivity contribution is -0.131. The zero-order valence-corrected chi connectivity index (χ0v) is 8.24. The molecule has 0 aliphatic carbocycles. The molecule has 1 heterocycles. The van der Waals surface area contributed by atoms with Crippen molar-refractivity contribution in [2.75, 3.05) is 0 Å². The molecule has 0 saturated heterocycles. The molecule has 1 atom stereocenters. The molecule has 71 valence electrons. The molecule has 0 amide bonds. The predicted octanol–water partition coefficient (Wildman–Crippen LogP) is 2.34. The molecule has 1 aromatic carbocycles. The Labute approximate surface area is 84.9 Å². The topological polar surface area (TPSA) is 37.3 Å². The van der Waals surface area contributed by atoms with E-state index in [9.17, 15) is 4.79 Å². The third-order valence-corrected chi connectivity index (χ3v) is 4.10. The van der Waals surface area contributed by atoms with Crippen molar-refractivity contribution in [1.82, 2.24) is 0 Å². The highest BCUT2D eigenvalue weighted by molar-refractivity contribution is 8.23. The first kappa shape index (κ1) is 9.09.